The van der Waals surface area contributed by atoms with Crippen LogP contribution >= 0.6 is 0 Å². The lowest BCUT2D eigenvalue weighted by molar-refractivity contribution is 0.294. The number of fused-ring (bicyclic) bond motifs is 6. The predicted molar refractivity (Wildman–Crippen MR) is 130 cm³/mol. The van der Waals surface area contributed by atoms with Crippen molar-refractivity contribution in [3.63, 3.8) is 0 Å². The Morgan fingerprint density at radius 3 is 2.66 bits per heavy atom. The van der Waals surface area contributed by atoms with Gasteiger partial charge >= 0.3 is 21.2 Å². The third-order valence-corrected chi connectivity index (χ3v) is 7.80. The largest absolute Gasteiger partial charge is 0.465 e. The molecule has 1 aromatic carbocycles. The van der Waals surface area contributed by atoms with Crippen LogP contribution in [0.1, 0.15) is 13.8 Å². The molecule has 4 heterocycles. The summed E-state index contributed by atoms with van der Waals surface area (Å²) >= 11 is 0. The van der Waals surface area contributed by atoms with Crippen LogP contribution in [0.4, 0.5) is 0 Å². The van der Waals surface area contributed by atoms with E-state index in [1.807, 2.05) is 18.2 Å². The molecule has 5 nitrogen and oxygen atoms in total. The summed E-state index contributed by atoms with van der Waals surface area (Å²) < 4.78 is 15.9. The number of hydrogen-bond acceptors (Lipinski definition) is 5. The summed E-state index contributed by atoms with van der Waals surface area (Å²) in [5.41, 5.74) is 4.44. The highest BCUT2D eigenvalue weighted by Gasteiger charge is 2.64. The third kappa shape index (κ3) is 2.42. The summed E-state index contributed by atoms with van der Waals surface area (Å²) in [5.74, 6) is 0.566. The fourth-order valence-electron chi connectivity index (χ4n) is 6.30. The van der Waals surface area contributed by atoms with E-state index >= 15 is 0 Å². The number of hydrogen-bond donors (Lipinski definition) is 1. The first kappa shape index (κ1) is 18.8. The number of benzene rings is 1. The van der Waals surface area contributed by atoms with Gasteiger partial charge in [0.05, 0.1) is 11.4 Å². The van der Waals surface area contributed by atoms with E-state index < -0.39 is 7.12 Å². The number of allylic oxidation sites excluding steroid dienone is 9. The van der Waals surface area contributed by atoms with Crippen molar-refractivity contribution in [3.8, 4) is 0 Å². The zero-order valence-electron chi connectivity index (χ0n) is 18.3. The fourth-order valence-corrected chi connectivity index (χ4v) is 6.30. The summed E-state index contributed by atoms with van der Waals surface area (Å²) in [7, 11) is -0.653. The monoisotopic (exact) mass is 419 g/mol. The molecule has 0 radical (unpaired) electrons. The average molecular weight is 419 g/mol. The standard InChI is InChI=1S/C24H24B3N3O2/c1-16-28-21-18-12-6-7-13-19(18)25-30-22(21)23(29-16)24(2)15-9-8-14-20(24)26(30)32-27(31-25)17-10-4-3-5-11-17/h3-16,18-20,29H,1-2H3. The van der Waals surface area contributed by atoms with Gasteiger partial charge in [-0.2, -0.15) is 0 Å². The van der Waals surface area contributed by atoms with E-state index in [1.54, 1.807) is 0 Å². The molecule has 156 valence electrons. The molecule has 0 spiro atoms. The maximum Gasteiger partial charge on any atom is 0.465 e. The van der Waals surface area contributed by atoms with Gasteiger partial charge in [-0.25, -0.2) is 0 Å². The highest BCUT2D eigenvalue weighted by molar-refractivity contribution is 6.85. The average Bonchev–Trinajstić information content (AvgIpc) is 2.83. The zero-order chi connectivity index (χ0) is 21.4. The molecule has 7 rings (SSSR count). The Morgan fingerprint density at radius 1 is 1.00 bits per heavy atom. The second kappa shape index (κ2) is 6.66. The Morgan fingerprint density at radius 2 is 1.78 bits per heavy atom. The van der Waals surface area contributed by atoms with E-state index in [0.29, 0.717) is 0 Å². The van der Waals surface area contributed by atoms with Gasteiger partial charge in [0.1, 0.15) is 6.17 Å². The number of aliphatic imine (C=N–C) groups is 1. The zero-order valence-corrected chi connectivity index (χ0v) is 18.3. The first-order valence-corrected chi connectivity index (χ1v) is 11.6. The van der Waals surface area contributed by atoms with Crippen molar-refractivity contribution < 1.29 is 9.14 Å². The molecule has 32 heavy (non-hydrogen) atoms. The molecule has 6 aliphatic rings. The summed E-state index contributed by atoms with van der Waals surface area (Å²) in [6.45, 7) is 4.47. The second-order valence-electron chi connectivity index (χ2n) is 9.69. The Balaban J connectivity index is 1.45. The van der Waals surface area contributed by atoms with Crippen LogP contribution in [0, 0.1) is 11.3 Å². The molecule has 4 aliphatic heterocycles. The molecule has 5 unspecified atom stereocenters. The summed E-state index contributed by atoms with van der Waals surface area (Å²) in [4.78, 5) is 5.11. The van der Waals surface area contributed by atoms with E-state index in [9.17, 15) is 0 Å². The van der Waals surface area contributed by atoms with E-state index in [-0.39, 0.29) is 43.2 Å². The highest BCUT2D eigenvalue weighted by atomic mass is 16.6. The Hall–Kier alpha value is -2.70. The lowest BCUT2D eigenvalue weighted by Crippen LogP contribution is -2.73. The lowest BCUT2D eigenvalue weighted by atomic mass is 9.37. The van der Waals surface area contributed by atoms with Gasteiger partial charge in [0.2, 0.25) is 0 Å². The molecule has 0 bridgehead atoms. The molecule has 1 aromatic rings. The Labute approximate surface area is 190 Å². The molecule has 0 amide bonds. The molecule has 1 N–H and O–H groups in total. The Bertz CT molecular complexity index is 1160. The number of nitrogens with zero attached hydrogens (tertiary/aromatic N) is 2. The molecule has 0 saturated carbocycles. The van der Waals surface area contributed by atoms with Crippen molar-refractivity contribution in [2.45, 2.75) is 31.6 Å². The van der Waals surface area contributed by atoms with Crippen LogP contribution < -0.4 is 10.8 Å². The minimum atomic E-state index is -0.401. The normalized spacial score (nSPS) is 35.9. The van der Waals surface area contributed by atoms with E-state index in [0.717, 1.165) is 11.2 Å². The quantitative estimate of drug-likeness (QED) is 0.712. The highest BCUT2D eigenvalue weighted by Crippen LogP contribution is 2.56. The van der Waals surface area contributed by atoms with Crippen molar-refractivity contribution in [3.05, 3.63) is 90.3 Å². The summed E-state index contributed by atoms with van der Waals surface area (Å²) in [6.07, 6.45) is 17.9. The molecule has 2 fully saturated rings. The third-order valence-electron chi connectivity index (χ3n) is 7.80. The van der Waals surface area contributed by atoms with Gasteiger partial charge in [-0.15, -0.1) is 0 Å². The van der Waals surface area contributed by atoms with Crippen LogP contribution in [-0.2, 0) is 9.14 Å². The minimum absolute atomic E-state index is 0.0391. The van der Waals surface area contributed by atoms with Gasteiger partial charge in [-0.1, -0.05) is 85.9 Å². The summed E-state index contributed by atoms with van der Waals surface area (Å²) in [6, 6.07) is 10.3. The van der Waals surface area contributed by atoms with Gasteiger partial charge in [0.15, 0.2) is 0 Å². The van der Waals surface area contributed by atoms with Gasteiger partial charge in [-0.3, -0.25) is 4.99 Å². The van der Waals surface area contributed by atoms with Gasteiger partial charge < -0.3 is 19.2 Å². The van der Waals surface area contributed by atoms with E-state index in [4.69, 9.17) is 14.1 Å². The van der Waals surface area contributed by atoms with Crippen LogP contribution in [0.5, 0.6) is 0 Å². The molecule has 2 saturated heterocycles. The van der Waals surface area contributed by atoms with Crippen LogP contribution in [0.3, 0.4) is 0 Å². The maximum absolute atomic E-state index is 6.78. The van der Waals surface area contributed by atoms with Crippen molar-refractivity contribution in [2.75, 3.05) is 0 Å². The van der Waals surface area contributed by atoms with Crippen LogP contribution in [-0.4, -0.2) is 37.8 Å². The van der Waals surface area contributed by atoms with Crippen LogP contribution in [0.2, 0.25) is 11.6 Å². The molecule has 2 aliphatic carbocycles. The van der Waals surface area contributed by atoms with Crippen molar-refractivity contribution in [1.82, 2.24) is 10.0 Å². The van der Waals surface area contributed by atoms with Crippen molar-refractivity contribution >= 4 is 32.4 Å². The molecule has 8 heteroatoms. The first-order valence-electron chi connectivity index (χ1n) is 11.6. The fraction of sp³-hybridized carbons (Fsp3) is 0.292. The topological polar surface area (TPSA) is 46.1 Å². The van der Waals surface area contributed by atoms with Gasteiger partial charge in [0.25, 0.3) is 0 Å². The van der Waals surface area contributed by atoms with Crippen LogP contribution in [0.25, 0.3) is 0 Å². The number of rotatable bonds is 1. The molecule has 5 atom stereocenters. The smallest absolute Gasteiger partial charge is 0.454 e. The van der Waals surface area contributed by atoms with Gasteiger partial charge in [0, 0.05) is 28.7 Å². The van der Waals surface area contributed by atoms with E-state index in [1.165, 1.54) is 11.4 Å². The van der Waals surface area contributed by atoms with Crippen molar-refractivity contribution in [2.24, 2.45) is 16.3 Å². The minimum Gasteiger partial charge on any atom is -0.454 e. The molecule has 0 aromatic heterocycles. The summed E-state index contributed by atoms with van der Waals surface area (Å²) in [5, 5.41) is 3.73. The second-order valence-corrected chi connectivity index (χ2v) is 9.69. The van der Waals surface area contributed by atoms with E-state index in [2.05, 4.69) is 84.6 Å². The van der Waals surface area contributed by atoms with Gasteiger partial charge in [-0.05, 0) is 12.4 Å². The Kier molecular flexibility index (Phi) is 3.92. The first-order chi connectivity index (χ1) is 15.6. The number of nitrogens with one attached hydrogen (secondary N) is 1. The predicted octanol–water partition coefficient (Wildman–Crippen LogP) is 2.95. The lowest BCUT2D eigenvalue weighted by Gasteiger charge is -2.60. The van der Waals surface area contributed by atoms with Crippen LogP contribution in [0.15, 0.2) is 95.3 Å². The maximum atomic E-state index is 6.78. The SMILES string of the molecule is CC1N=C2C3=C(N1)C1(C)C=CC=CC1B1OB(c4ccccc4)OB(C4C=CC=CC24)N13. The molecular formula is C24H24B3N3O2. The van der Waals surface area contributed by atoms with Crippen molar-refractivity contribution in [1.29, 1.82) is 0 Å². The molecular weight excluding hydrogens is 395 g/mol.